The number of nitrogens with zero attached hydrogens (tertiary/aromatic N) is 4. The highest BCUT2D eigenvalue weighted by atomic mass is 15.3. The standard InChI is InChI=1S/C15H27N5/c1-4-6-16-15-10-17-13(9-18-15)11-20-8-7-19(3)14(5-2)12-20/h9-10,14H,4-8,11-12H2,1-3H3,(H,16,18). The average molecular weight is 277 g/mol. The van der Waals surface area contributed by atoms with Crippen LogP contribution in [0.1, 0.15) is 32.4 Å². The van der Waals surface area contributed by atoms with Crippen molar-refractivity contribution < 1.29 is 0 Å². The molecule has 1 unspecified atom stereocenters. The van der Waals surface area contributed by atoms with Crippen LogP contribution in [0.2, 0.25) is 0 Å². The van der Waals surface area contributed by atoms with Gasteiger partial charge in [-0.15, -0.1) is 0 Å². The van der Waals surface area contributed by atoms with E-state index in [1.807, 2.05) is 12.4 Å². The lowest BCUT2D eigenvalue weighted by molar-refractivity contribution is 0.0874. The van der Waals surface area contributed by atoms with Crippen LogP contribution < -0.4 is 5.32 Å². The van der Waals surface area contributed by atoms with E-state index in [0.717, 1.165) is 50.7 Å². The molecule has 1 atom stereocenters. The van der Waals surface area contributed by atoms with E-state index in [9.17, 15) is 0 Å². The van der Waals surface area contributed by atoms with E-state index in [4.69, 9.17) is 0 Å². The first-order valence-corrected chi connectivity index (χ1v) is 7.70. The molecule has 1 saturated heterocycles. The normalized spacial score (nSPS) is 21.1. The number of hydrogen-bond donors (Lipinski definition) is 1. The lowest BCUT2D eigenvalue weighted by Gasteiger charge is -2.38. The molecule has 1 fully saturated rings. The van der Waals surface area contributed by atoms with Crippen molar-refractivity contribution in [1.29, 1.82) is 0 Å². The largest absolute Gasteiger partial charge is 0.369 e. The molecule has 1 aromatic heterocycles. The fraction of sp³-hybridized carbons (Fsp3) is 0.733. The Hall–Kier alpha value is -1.20. The molecule has 1 N–H and O–H groups in total. The minimum atomic E-state index is 0.669. The second-order valence-corrected chi connectivity index (χ2v) is 5.60. The third kappa shape index (κ3) is 4.15. The maximum atomic E-state index is 4.52. The van der Waals surface area contributed by atoms with Gasteiger partial charge in [0.25, 0.3) is 0 Å². The van der Waals surface area contributed by atoms with E-state index < -0.39 is 0 Å². The fourth-order valence-corrected chi connectivity index (χ4v) is 2.60. The first kappa shape index (κ1) is 15.2. The molecule has 0 amide bonds. The van der Waals surface area contributed by atoms with Gasteiger partial charge in [0.05, 0.1) is 18.1 Å². The van der Waals surface area contributed by atoms with E-state index in [0.29, 0.717) is 6.04 Å². The molecule has 0 bridgehead atoms. The second kappa shape index (κ2) is 7.55. The van der Waals surface area contributed by atoms with Crippen LogP contribution in [0.15, 0.2) is 12.4 Å². The first-order chi connectivity index (χ1) is 9.72. The number of aromatic nitrogens is 2. The highest BCUT2D eigenvalue weighted by molar-refractivity contribution is 5.30. The maximum Gasteiger partial charge on any atom is 0.144 e. The molecule has 0 spiro atoms. The summed E-state index contributed by atoms with van der Waals surface area (Å²) in [6.45, 7) is 9.65. The minimum absolute atomic E-state index is 0.669. The van der Waals surface area contributed by atoms with Gasteiger partial charge >= 0.3 is 0 Å². The monoisotopic (exact) mass is 277 g/mol. The van der Waals surface area contributed by atoms with Gasteiger partial charge in [-0.05, 0) is 19.9 Å². The van der Waals surface area contributed by atoms with Crippen molar-refractivity contribution >= 4 is 5.82 Å². The van der Waals surface area contributed by atoms with Crippen molar-refractivity contribution in [2.75, 3.05) is 38.5 Å². The van der Waals surface area contributed by atoms with E-state index in [-0.39, 0.29) is 0 Å². The highest BCUT2D eigenvalue weighted by Gasteiger charge is 2.22. The number of anilines is 1. The van der Waals surface area contributed by atoms with Gasteiger partial charge in [-0.1, -0.05) is 13.8 Å². The molecule has 0 radical (unpaired) electrons. The third-order valence-electron chi connectivity index (χ3n) is 3.98. The fourth-order valence-electron chi connectivity index (χ4n) is 2.60. The van der Waals surface area contributed by atoms with Crippen LogP contribution in [0.5, 0.6) is 0 Å². The van der Waals surface area contributed by atoms with Crippen LogP contribution in [-0.2, 0) is 6.54 Å². The molecule has 2 rings (SSSR count). The van der Waals surface area contributed by atoms with Crippen LogP contribution in [0, 0.1) is 0 Å². The van der Waals surface area contributed by atoms with Crippen molar-refractivity contribution in [2.45, 2.75) is 39.3 Å². The number of piperazine rings is 1. The second-order valence-electron chi connectivity index (χ2n) is 5.60. The number of likely N-dealkylation sites (N-methyl/N-ethyl adjacent to an activating group) is 1. The molecule has 1 aliphatic rings. The lowest BCUT2D eigenvalue weighted by Crippen LogP contribution is -2.50. The molecule has 0 saturated carbocycles. The Bertz CT molecular complexity index is 392. The summed E-state index contributed by atoms with van der Waals surface area (Å²) >= 11 is 0. The summed E-state index contributed by atoms with van der Waals surface area (Å²) in [7, 11) is 2.22. The van der Waals surface area contributed by atoms with Crippen LogP contribution in [0.4, 0.5) is 5.82 Å². The van der Waals surface area contributed by atoms with Gasteiger partial charge in [-0.2, -0.15) is 0 Å². The predicted octanol–water partition coefficient (Wildman–Crippen LogP) is 1.82. The number of rotatable bonds is 6. The highest BCUT2D eigenvalue weighted by Crippen LogP contribution is 2.13. The van der Waals surface area contributed by atoms with Crippen LogP contribution in [0.25, 0.3) is 0 Å². The van der Waals surface area contributed by atoms with Crippen LogP contribution in [0.3, 0.4) is 0 Å². The molecule has 1 aromatic rings. The molecule has 5 heteroatoms. The zero-order valence-electron chi connectivity index (χ0n) is 13.0. The number of hydrogen-bond acceptors (Lipinski definition) is 5. The molecule has 20 heavy (non-hydrogen) atoms. The molecule has 0 aliphatic carbocycles. The smallest absolute Gasteiger partial charge is 0.144 e. The van der Waals surface area contributed by atoms with Gasteiger partial charge in [0, 0.05) is 38.8 Å². The Morgan fingerprint density at radius 1 is 1.25 bits per heavy atom. The van der Waals surface area contributed by atoms with Crippen molar-refractivity contribution in [3.05, 3.63) is 18.1 Å². The SMILES string of the molecule is CCCNc1cnc(CN2CCN(C)C(CC)C2)cn1. The molecular weight excluding hydrogens is 250 g/mol. The summed E-state index contributed by atoms with van der Waals surface area (Å²) in [6, 6.07) is 0.669. The third-order valence-corrected chi connectivity index (χ3v) is 3.98. The molecule has 112 valence electrons. The Balaban J connectivity index is 1.86. The van der Waals surface area contributed by atoms with Gasteiger partial charge in [0.15, 0.2) is 0 Å². The first-order valence-electron chi connectivity index (χ1n) is 7.70. The van der Waals surface area contributed by atoms with Crippen molar-refractivity contribution in [1.82, 2.24) is 19.8 Å². The average Bonchev–Trinajstić information content (AvgIpc) is 2.48. The summed E-state index contributed by atoms with van der Waals surface area (Å²) in [6.07, 6.45) is 6.05. The van der Waals surface area contributed by atoms with Gasteiger partial charge in [-0.25, -0.2) is 4.98 Å². The number of nitrogens with one attached hydrogen (secondary N) is 1. The molecule has 5 nitrogen and oxygen atoms in total. The zero-order chi connectivity index (χ0) is 14.4. The minimum Gasteiger partial charge on any atom is -0.369 e. The van der Waals surface area contributed by atoms with Gasteiger partial charge in [0.1, 0.15) is 5.82 Å². The van der Waals surface area contributed by atoms with Gasteiger partial charge in [-0.3, -0.25) is 9.88 Å². The Morgan fingerprint density at radius 2 is 2.10 bits per heavy atom. The summed E-state index contributed by atoms with van der Waals surface area (Å²) in [4.78, 5) is 13.9. The topological polar surface area (TPSA) is 44.3 Å². The summed E-state index contributed by atoms with van der Waals surface area (Å²) in [5.41, 5.74) is 1.06. The van der Waals surface area contributed by atoms with Crippen LogP contribution in [-0.4, -0.2) is 59.0 Å². The zero-order valence-corrected chi connectivity index (χ0v) is 13.0. The van der Waals surface area contributed by atoms with Crippen molar-refractivity contribution in [3.63, 3.8) is 0 Å². The van der Waals surface area contributed by atoms with Crippen molar-refractivity contribution in [2.24, 2.45) is 0 Å². The van der Waals surface area contributed by atoms with E-state index in [1.54, 1.807) is 0 Å². The Kier molecular flexibility index (Phi) is 5.73. The lowest BCUT2D eigenvalue weighted by atomic mass is 10.1. The molecule has 0 aromatic carbocycles. The van der Waals surface area contributed by atoms with E-state index >= 15 is 0 Å². The predicted molar refractivity (Wildman–Crippen MR) is 82.8 cm³/mol. The Labute approximate surface area is 122 Å². The molecule has 2 heterocycles. The molecular formula is C15H27N5. The van der Waals surface area contributed by atoms with Gasteiger partial charge < -0.3 is 10.2 Å². The van der Waals surface area contributed by atoms with E-state index in [1.165, 1.54) is 6.42 Å². The maximum absolute atomic E-state index is 4.52. The molecule has 1 aliphatic heterocycles. The summed E-state index contributed by atoms with van der Waals surface area (Å²) in [5.74, 6) is 0.875. The van der Waals surface area contributed by atoms with Crippen molar-refractivity contribution in [3.8, 4) is 0 Å². The summed E-state index contributed by atoms with van der Waals surface area (Å²) < 4.78 is 0. The van der Waals surface area contributed by atoms with Crippen LogP contribution >= 0.6 is 0 Å². The quantitative estimate of drug-likeness (QED) is 0.859. The van der Waals surface area contributed by atoms with E-state index in [2.05, 4.69) is 46.0 Å². The van der Waals surface area contributed by atoms with Gasteiger partial charge in [0.2, 0.25) is 0 Å². The summed E-state index contributed by atoms with van der Waals surface area (Å²) in [5, 5.41) is 3.25. The Morgan fingerprint density at radius 3 is 2.75 bits per heavy atom.